The Hall–Kier alpha value is -0.0800. The van der Waals surface area contributed by atoms with Crippen LogP contribution in [0.1, 0.15) is 99.3 Å². The number of hydrogen-bond acceptors (Lipinski definition) is 2. The minimum Gasteiger partial charge on any atom is -0.350 e. The van der Waals surface area contributed by atoms with Gasteiger partial charge in [0, 0.05) is 12.8 Å². The van der Waals surface area contributed by atoms with Gasteiger partial charge < -0.3 is 9.47 Å². The summed E-state index contributed by atoms with van der Waals surface area (Å²) in [5, 5.41) is 0. The predicted molar refractivity (Wildman–Crippen MR) is 97.2 cm³/mol. The van der Waals surface area contributed by atoms with Gasteiger partial charge in [-0.25, -0.2) is 0 Å². The summed E-state index contributed by atoms with van der Waals surface area (Å²) in [6.07, 6.45) is 10.9. The van der Waals surface area contributed by atoms with Crippen molar-refractivity contribution in [3.8, 4) is 0 Å². The number of ether oxygens (including phenoxy) is 2. The highest BCUT2D eigenvalue weighted by molar-refractivity contribution is 4.72. The topological polar surface area (TPSA) is 18.5 Å². The van der Waals surface area contributed by atoms with E-state index in [1.807, 2.05) is 0 Å². The molecule has 0 unspecified atom stereocenters. The van der Waals surface area contributed by atoms with Crippen molar-refractivity contribution in [3.05, 3.63) is 0 Å². The van der Waals surface area contributed by atoms with Gasteiger partial charge in [0.15, 0.2) is 5.79 Å². The van der Waals surface area contributed by atoms with Gasteiger partial charge in [-0.3, -0.25) is 0 Å². The molecule has 0 aliphatic carbocycles. The molecule has 0 rings (SSSR count). The van der Waals surface area contributed by atoms with Crippen LogP contribution >= 0.6 is 0 Å². The molecule has 0 aliphatic rings. The van der Waals surface area contributed by atoms with Crippen LogP contribution in [-0.2, 0) is 9.47 Å². The van der Waals surface area contributed by atoms with Gasteiger partial charge in [-0.05, 0) is 24.7 Å². The van der Waals surface area contributed by atoms with E-state index in [9.17, 15) is 0 Å². The van der Waals surface area contributed by atoms with Crippen LogP contribution in [0.3, 0.4) is 0 Å². The predicted octanol–water partition coefficient (Wildman–Crippen LogP) is 6.58. The maximum Gasteiger partial charge on any atom is 0.168 e. The van der Waals surface area contributed by atoms with Crippen LogP contribution in [0.2, 0.25) is 0 Å². The molecule has 0 spiro atoms. The van der Waals surface area contributed by atoms with E-state index in [-0.39, 0.29) is 5.79 Å². The van der Waals surface area contributed by atoms with E-state index in [2.05, 4.69) is 41.5 Å². The van der Waals surface area contributed by atoms with Crippen molar-refractivity contribution in [1.29, 1.82) is 0 Å². The van der Waals surface area contributed by atoms with Crippen LogP contribution in [0.15, 0.2) is 0 Å². The van der Waals surface area contributed by atoms with Crippen molar-refractivity contribution < 1.29 is 9.47 Å². The maximum atomic E-state index is 6.35. The van der Waals surface area contributed by atoms with E-state index in [0.29, 0.717) is 11.8 Å². The minimum absolute atomic E-state index is 0.336. The highest BCUT2D eigenvalue weighted by atomic mass is 16.7. The monoisotopic (exact) mass is 314 g/mol. The van der Waals surface area contributed by atoms with Gasteiger partial charge >= 0.3 is 0 Å². The quantitative estimate of drug-likeness (QED) is 0.251. The second-order valence-corrected chi connectivity index (χ2v) is 7.59. The summed E-state index contributed by atoms with van der Waals surface area (Å²) < 4.78 is 12.7. The Bertz CT molecular complexity index is 224. The molecular weight excluding hydrogens is 272 g/mol. The lowest BCUT2D eigenvalue weighted by atomic mass is 9.99. The van der Waals surface area contributed by atoms with E-state index in [1.165, 1.54) is 44.9 Å². The Morgan fingerprint density at radius 1 is 0.636 bits per heavy atom. The lowest BCUT2D eigenvalue weighted by molar-refractivity contribution is -0.254. The molecule has 0 fully saturated rings. The molecule has 0 radical (unpaired) electrons. The maximum absolute atomic E-state index is 6.35. The molecule has 0 aromatic heterocycles. The third-order valence-electron chi connectivity index (χ3n) is 3.93. The molecule has 22 heavy (non-hydrogen) atoms. The van der Waals surface area contributed by atoms with E-state index in [4.69, 9.17) is 9.47 Å². The minimum atomic E-state index is -0.336. The fraction of sp³-hybridized carbons (Fsp3) is 1.00. The van der Waals surface area contributed by atoms with Crippen molar-refractivity contribution in [2.24, 2.45) is 11.8 Å². The van der Waals surface area contributed by atoms with Crippen molar-refractivity contribution in [3.63, 3.8) is 0 Å². The van der Waals surface area contributed by atoms with Crippen LogP contribution < -0.4 is 0 Å². The fourth-order valence-corrected chi connectivity index (χ4v) is 2.56. The molecule has 0 N–H and O–H groups in total. The highest BCUT2D eigenvalue weighted by Gasteiger charge is 2.31. The van der Waals surface area contributed by atoms with Crippen LogP contribution in [0.5, 0.6) is 0 Å². The number of hydrogen-bond donors (Lipinski definition) is 0. The summed E-state index contributed by atoms with van der Waals surface area (Å²) in [4.78, 5) is 0. The van der Waals surface area contributed by atoms with E-state index >= 15 is 0 Å². The van der Waals surface area contributed by atoms with Gasteiger partial charge in [0.2, 0.25) is 0 Å². The highest BCUT2D eigenvalue weighted by Crippen LogP contribution is 2.30. The van der Waals surface area contributed by atoms with Crippen LogP contribution in [0.25, 0.3) is 0 Å². The first-order chi connectivity index (χ1) is 10.5. The fourth-order valence-electron chi connectivity index (χ4n) is 2.56. The summed E-state index contributed by atoms with van der Waals surface area (Å²) >= 11 is 0. The van der Waals surface area contributed by atoms with Gasteiger partial charge in [-0.15, -0.1) is 0 Å². The van der Waals surface area contributed by atoms with E-state index in [1.54, 1.807) is 0 Å². The van der Waals surface area contributed by atoms with Crippen LogP contribution in [0.4, 0.5) is 0 Å². The zero-order chi connectivity index (χ0) is 16.8. The average molecular weight is 315 g/mol. The molecule has 134 valence electrons. The van der Waals surface area contributed by atoms with Gasteiger partial charge in [0.05, 0.1) is 13.2 Å². The smallest absolute Gasteiger partial charge is 0.168 e. The van der Waals surface area contributed by atoms with Gasteiger partial charge in [0.25, 0.3) is 0 Å². The summed E-state index contributed by atoms with van der Waals surface area (Å²) in [5.74, 6) is 0.782. The second kappa shape index (κ2) is 13.4. The molecule has 0 bridgehead atoms. The Morgan fingerprint density at radius 2 is 1.05 bits per heavy atom. The largest absolute Gasteiger partial charge is 0.350 e. The lowest BCUT2D eigenvalue weighted by Crippen LogP contribution is -2.38. The van der Waals surface area contributed by atoms with Gasteiger partial charge in [0.1, 0.15) is 0 Å². The normalized spacial score (nSPS) is 12.5. The Morgan fingerprint density at radius 3 is 1.45 bits per heavy atom. The molecule has 0 aromatic carbocycles. The van der Waals surface area contributed by atoms with Crippen molar-refractivity contribution >= 4 is 0 Å². The number of unbranched alkanes of at least 4 members (excludes halogenated alkanes) is 5. The summed E-state index contributed by atoms with van der Waals surface area (Å²) in [7, 11) is 0. The molecule has 0 amide bonds. The van der Waals surface area contributed by atoms with Gasteiger partial charge in [-0.1, -0.05) is 73.6 Å². The zero-order valence-electron chi connectivity index (χ0n) is 16.2. The molecule has 0 aliphatic heterocycles. The first-order valence-corrected chi connectivity index (χ1v) is 9.73. The summed E-state index contributed by atoms with van der Waals surface area (Å²) in [5.41, 5.74) is 0. The molecule has 2 nitrogen and oxygen atoms in total. The Labute approximate surface area is 140 Å². The van der Waals surface area contributed by atoms with E-state index in [0.717, 1.165) is 26.1 Å². The first kappa shape index (κ1) is 21.9. The second-order valence-electron chi connectivity index (χ2n) is 7.59. The summed E-state index contributed by atoms with van der Waals surface area (Å²) in [6, 6.07) is 0. The van der Waals surface area contributed by atoms with Crippen molar-refractivity contribution in [1.82, 2.24) is 0 Å². The molecule has 0 atom stereocenters. The molecule has 2 heteroatoms. The van der Waals surface area contributed by atoms with E-state index < -0.39 is 0 Å². The van der Waals surface area contributed by atoms with Crippen LogP contribution in [0, 0.1) is 11.8 Å². The molecule has 0 saturated heterocycles. The average Bonchev–Trinajstić information content (AvgIpc) is 2.47. The number of rotatable bonds is 15. The van der Waals surface area contributed by atoms with Crippen molar-refractivity contribution in [2.45, 2.75) is 105 Å². The molecule has 0 aromatic rings. The van der Waals surface area contributed by atoms with Crippen molar-refractivity contribution in [2.75, 3.05) is 13.2 Å². The first-order valence-electron chi connectivity index (χ1n) is 9.73. The standard InChI is InChI=1S/C20H42O2/c1-7-9-11-13-15-20(14-12-10-8-2,21-16-18(3)4)22-17-19(5)6/h18-19H,7-17H2,1-6H3. The third-order valence-corrected chi connectivity index (χ3v) is 3.93. The SMILES string of the molecule is CCCCCCC(CCCCC)(OCC(C)C)OCC(C)C. The molecule has 0 saturated carbocycles. The Balaban J connectivity index is 4.68. The third kappa shape index (κ3) is 11.5. The summed E-state index contributed by atoms with van der Waals surface area (Å²) in [6.45, 7) is 15.0. The molecular formula is C20H42O2. The molecule has 0 heterocycles. The van der Waals surface area contributed by atoms with Crippen LogP contribution in [-0.4, -0.2) is 19.0 Å². The Kier molecular flexibility index (Phi) is 13.3. The zero-order valence-corrected chi connectivity index (χ0v) is 16.2. The van der Waals surface area contributed by atoms with Gasteiger partial charge in [-0.2, -0.15) is 0 Å². The lowest BCUT2D eigenvalue weighted by Gasteiger charge is -2.35.